The first-order valence-electron chi connectivity index (χ1n) is 18.9. The van der Waals surface area contributed by atoms with Crippen LogP contribution in [-0.2, 0) is 28.5 Å². The number of rotatable bonds is 9. The maximum absolute atomic E-state index is 14.2. The number of esters is 1. The van der Waals surface area contributed by atoms with Gasteiger partial charge in [0.25, 0.3) is 0 Å². The Hall–Kier alpha value is -0.450. The first-order valence-corrected chi connectivity index (χ1v) is 21.4. The molecule has 0 aromatic rings. The van der Waals surface area contributed by atoms with Crippen LogP contribution in [-0.4, -0.2) is 119 Å². The molecule has 0 radical (unpaired) electrons. The van der Waals surface area contributed by atoms with E-state index in [2.05, 4.69) is 33.0 Å². The number of alkyl halides is 1. The molecule has 3 fully saturated rings. The van der Waals surface area contributed by atoms with E-state index in [4.69, 9.17) is 26.9 Å². The molecule has 2 unspecified atom stereocenters. The molecule has 3 heterocycles. The molecule has 0 aromatic carbocycles. The predicted octanol–water partition coefficient (Wildman–Crippen LogP) is 1.18. The van der Waals surface area contributed by atoms with Gasteiger partial charge < -0.3 is 5.11 Å². The van der Waals surface area contributed by atoms with Crippen LogP contribution >= 0.6 is 0 Å². The molecule has 0 aliphatic carbocycles. The molecular weight excluding hydrogens is 755 g/mol. The van der Waals surface area contributed by atoms with Gasteiger partial charge in [-0.05, 0) is 0 Å². The van der Waals surface area contributed by atoms with Crippen molar-refractivity contribution in [1.29, 1.82) is 0 Å². The van der Waals surface area contributed by atoms with E-state index < -0.39 is 86.6 Å². The zero-order valence-corrected chi connectivity index (χ0v) is 35.1. The van der Waals surface area contributed by atoms with Crippen molar-refractivity contribution in [2.75, 3.05) is 38.3 Å². The van der Waals surface area contributed by atoms with Crippen molar-refractivity contribution in [1.82, 2.24) is 5.32 Å². The number of ether oxygens (including phenoxy) is 5. The number of hydrogen-bond donors (Lipinski definition) is 4. The molecule has 3 saturated heterocycles. The molecule has 12 heteroatoms. The van der Waals surface area contributed by atoms with Crippen molar-refractivity contribution in [3.05, 3.63) is 0 Å². The van der Waals surface area contributed by atoms with Gasteiger partial charge in [0.15, 0.2) is 0 Å². The van der Waals surface area contributed by atoms with Gasteiger partial charge in [0.2, 0.25) is 0 Å². The number of halogens is 1. The fraction of sp³-hybridized carbons (Fsp3) is 0.947. The summed E-state index contributed by atoms with van der Waals surface area (Å²) in [5.41, 5.74) is -2.39. The molecule has 294 valence electrons. The second-order valence-electron chi connectivity index (χ2n) is 16.1. The summed E-state index contributed by atoms with van der Waals surface area (Å²) in [6, 6.07) is 0. The van der Waals surface area contributed by atoms with Crippen molar-refractivity contribution in [2.45, 2.75) is 155 Å². The minimum absolute atomic E-state index is 0.0449. The van der Waals surface area contributed by atoms with Crippen LogP contribution in [0, 0.1) is 35.5 Å². The Bertz CT molecular complexity index is 1110. The van der Waals surface area contributed by atoms with Crippen LogP contribution in [0.4, 0.5) is 0 Å². The van der Waals surface area contributed by atoms with E-state index in [9.17, 15) is 20.1 Å². The monoisotopic (exact) mass is 825 g/mol. The third-order valence-electron chi connectivity index (χ3n) is 12.7. The topological polar surface area (TPSA) is 148 Å². The summed E-state index contributed by atoms with van der Waals surface area (Å²) < 4.78 is 37.1. The second-order valence-corrected chi connectivity index (χ2v) is 18.4. The Morgan fingerprint density at radius 2 is 1.64 bits per heavy atom. The Labute approximate surface area is 313 Å². The van der Waals surface area contributed by atoms with Crippen LogP contribution in [0.5, 0.6) is 0 Å². The number of aliphatic hydroxyl groups is 3. The van der Waals surface area contributed by atoms with E-state index in [0.29, 0.717) is 25.9 Å². The predicted molar refractivity (Wildman–Crippen MR) is 191 cm³/mol. The van der Waals surface area contributed by atoms with E-state index >= 15 is 0 Å². The number of nitrogens with zero attached hydrogens (tertiary/aromatic N) is 1. The van der Waals surface area contributed by atoms with Gasteiger partial charge in [-0.3, -0.25) is 0 Å². The molecule has 15 atom stereocenters. The maximum atomic E-state index is 14.2. The molecule has 0 amide bonds. The van der Waals surface area contributed by atoms with Gasteiger partial charge in [-0.2, -0.15) is 0 Å². The van der Waals surface area contributed by atoms with Crippen molar-refractivity contribution in [2.24, 2.45) is 38.7 Å². The quantitative estimate of drug-likeness (QED) is 0.116. The Morgan fingerprint density at radius 1 is 0.980 bits per heavy atom. The molecule has 11 nitrogen and oxygen atoms in total. The summed E-state index contributed by atoms with van der Waals surface area (Å²) in [4.78, 5) is 14.2. The zero-order valence-electron chi connectivity index (χ0n) is 32.9. The minimum atomic E-state index is -1.74. The number of nitrogens with one attached hydrogen (secondary N) is 1. The number of piperidine rings is 1. The Balaban J connectivity index is 2.03. The third kappa shape index (κ3) is 9.99. The number of carbonyl (C=O) groups excluding carboxylic acids is 1. The number of carbonyl (C=O) groups is 1. The van der Waals surface area contributed by atoms with Crippen molar-refractivity contribution in [3.63, 3.8) is 0 Å². The number of cyclic esters (lactones) is 1. The molecule has 0 aromatic heterocycles. The summed E-state index contributed by atoms with van der Waals surface area (Å²) in [7, 11) is 3.33. The average Bonchev–Trinajstić information content (AvgIpc) is 3.09. The van der Waals surface area contributed by atoms with Gasteiger partial charge in [0.05, 0.1) is 0 Å². The van der Waals surface area contributed by atoms with Crippen LogP contribution in [0.3, 0.4) is 0 Å². The third-order valence-corrected chi connectivity index (χ3v) is 14.5. The fourth-order valence-electron chi connectivity index (χ4n) is 8.83. The van der Waals surface area contributed by atoms with E-state index in [0.717, 1.165) is 36.1 Å². The van der Waals surface area contributed by atoms with Crippen LogP contribution in [0.2, 0.25) is 0 Å². The van der Waals surface area contributed by atoms with Gasteiger partial charge in [0, 0.05) is 7.11 Å². The van der Waals surface area contributed by atoms with Crippen LogP contribution < -0.4 is 26.8 Å². The van der Waals surface area contributed by atoms with Gasteiger partial charge in [-0.1, -0.05) is 0 Å². The van der Waals surface area contributed by atoms with Crippen LogP contribution in [0.15, 0.2) is 3.21 Å². The second kappa shape index (κ2) is 18.7. The van der Waals surface area contributed by atoms with Gasteiger partial charge >= 0.3 is 302 Å². The summed E-state index contributed by atoms with van der Waals surface area (Å²) in [5, 5.41) is 38.3. The first kappa shape index (κ1) is 44.0. The van der Waals surface area contributed by atoms with E-state index in [1.54, 1.807) is 21.1 Å². The standard InChI is InChI=1S/C38H70IN2O9/c1-13-30-38(10,45)33(42)25(5)32(41-39-16-18-48-28-15-14-17-40-21-28)22(2)19-36(8,46-11)26(6)23(3)31(24(4)35(44)50-30)29-20-37(9,47-12)34(43)27(7)49-29/h22-31,33-34,40,42-43,45H,13-21H2,1-12H3/q-1/b41-32+/t22-,23-,24-,25+,26-,27+,28?,29-,30-,31?,33-,34+,36-,37-,38-/m1/s1. The van der Waals surface area contributed by atoms with E-state index in [1.165, 1.54) is 0 Å². The molecule has 0 saturated carbocycles. The normalized spacial score (nSPS) is 46.8. The van der Waals surface area contributed by atoms with Crippen molar-refractivity contribution in [3.8, 4) is 0 Å². The van der Waals surface area contributed by atoms with Crippen molar-refractivity contribution < 1.29 is 65.3 Å². The summed E-state index contributed by atoms with van der Waals surface area (Å²) in [5.74, 6) is -2.12. The zero-order chi connectivity index (χ0) is 37.6. The summed E-state index contributed by atoms with van der Waals surface area (Å²) >= 11 is -0.640. The number of aliphatic hydroxyl groups excluding tert-OH is 2. The number of hydrogen-bond acceptors (Lipinski definition) is 11. The Kier molecular flexibility index (Phi) is 16.5. The molecule has 4 N–H and O–H groups in total. The van der Waals surface area contributed by atoms with Gasteiger partial charge in [-0.15, -0.1) is 0 Å². The van der Waals surface area contributed by atoms with E-state index in [-0.39, 0.29) is 29.8 Å². The molecule has 3 rings (SSSR count). The number of methoxy groups -OCH3 is 2. The molecule has 3 aliphatic heterocycles. The van der Waals surface area contributed by atoms with E-state index in [1.807, 2.05) is 34.6 Å². The molecule has 0 bridgehead atoms. The van der Waals surface area contributed by atoms with Crippen LogP contribution in [0.25, 0.3) is 0 Å². The van der Waals surface area contributed by atoms with Crippen LogP contribution in [0.1, 0.15) is 101 Å². The molecule has 0 spiro atoms. The van der Waals surface area contributed by atoms with Gasteiger partial charge in [0.1, 0.15) is 0 Å². The van der Waals surface area contributed by atoms with Crippen molar-refractivity contribution >= 4 is 11.7 Å². The average molecular weight is 826 g/mol. The SMILES string of the molecule is CC[C@H]1OC(=O)[C@H](C)C([C@H]2C[C@@](C)(OC)[C@@H](O)[C@H](C)O2)[C@H](C)[C@@H](C)[C@](C)(OC)C[C@@H](C)/C(=N\[I-]CCOC2CCCNC2)[C@H](C)[C@@H](O)[C@]1(C)O. The summed E-state index contributed by atoms with van der Waals surface area (Å²) in [6.45, 7) is 22.1. The molecular formula is C38H70IN2O9-. The summed E-state index contributed by atoms with van der Waals surface area (Å²) in [6.07, 6.45) is -0.181. The first-order chi connectivity index (χ1) is 23.4. The molecule has 50 heavy (non-hydrogen) atoms. The fourth-order valence-corrected chi connectivity index (χ4v) is 10.8. The van der Waals surface area contributed by atoms with Gasteiger partial charge in [-0.25, -0.2) is 0 Å². The Morgan fingerprint density at radius 3 is 2.22 bits per heavy atom. The molecule has 3 aliphatic rings.